The molecule has 1 unspecified atom stereocenters. The Morgan fingerprint density at radius 3 is 2.44 bits per heavy atom. The predicted molar refractivity (Wildman–Crippen MR) is 169 cm³/mol. The number of aryl methyl sites for hydroxylation is 5. The predicted octanol–water partition coefficient (Wildman–Crippen LogP) is 6.32. The number of anilines is 2. The molecule has 43 heavy (non-hydrogen) atoms. The smallest absolute Gasteiger partial charge is 0.177 e. The Labute approximate surface area is 255 Å². The number of imidazole rings is 1. The van der Waals surface area contributed by atoms with Gasteiger partial charge in [-0.25, -0.2) is 23.4 Å². The third-order valence-corrected chi connectivity index (χ3v) is 10.1. The normalized spacial score (nSPS) is 15.7. The average Bonchev–Trinajstić information content (AvgIpc) is 3.48. The van der Waals surface area contributed by atoms with Gasteiger partial charge in [-0.3, -0.25) is 14.5 Å². The summed E-state index contributed by atoms with van der Waals surface area (Å²) in [5, 5.41) is 4.21. The molecule has 224 valence electrons. The standard InChI is InChI=1S/C31H35N7O3S2/c1-17-18(2)33-24(16-32-17)14-23-15-26(29-30(36-23)38(21(5)35-29)28-9-7-8-12-41-28)37-25-11-10-22(13-27(25)43(6,39)40)31-34-19(3)20(4)42-31/h10-11,13,15-16,28H,7-9,12,14H2,1-6H3,(H,36,37). The first-order chi connectivity index (χ1) is 20.5. The van der Waals surface area contributed by atoms with E-state index < -0.39 is 9.84 Å². The van der Waals surface area contributed by atoms with Gasteiger partial charge in [0.2, 0.25) is 0 Å². The van der Waals surface area contributed by atoms with Gasteiger partial charge in [0.15, 0.2) is 15.5 Å². The number of benzene rings is 1. The number of pyridine rings is 1. The highest BCUT2D eigenvalue weighted by Gasteiger charge is 2.25. The summed E-state index contributed by atoms with van der Waals surface area (Å²) in [5.74, 6) is 0.786. The SMILES string of the molecule is Cc1ncc(Cc2cc(Nc3ccc(-c4nc(C)c(C)s4)cc3S(C)(=O)=O)c3nc(C)n(C4CCCCO4)c3n2)nc1C. The van der Waals surface area contributed by atoms with Gasteiger partial charge in [0.1, 0.15) is 22.6 Å². The van der Waals surface area contributed by atoms with Gasteiger partial charge in [-0.05, 0) is 78.1 Å². The lowest BCUT2D eigenvalue weighted by Crippen LogP contribution is -2.19. The third-order valence-electron chi connectivity index (χ3n) is 7.85. The fraction of sp³-hybridized carbons (Fsp3) is 0.387. The Morgan fingerprint density at radius 1 is 0.953 bits per heavy atom. The zero-order chi connectivity index (χ0) is 30.5. The lowest BCUT2D eigenvalue weighted by atomic mass is 10.1. The summed E-state index contributed by atoms with van der Waals surface area (Å²) in [6, 6.07) is 7.31. The lowest BCUT2D eigenvalue weighted by molar-refractivity contribution is -0.0309. The van der Waals surface area contributed by atoms with Crippen molar-refractivity contribution >= 4 is 43.7 Å². The number of ether oxygens (including phenoxy) is 1. The van der Waals surface area contributed by atoms with Crippen LogP contribution >= 0.6 is 11.3 Å². The first-order valence-corrected chi connectivity index (χ1v) is 17.0. The number of thiazole rings is 1. The molecule has 5 heterocycles. The molecule has 0 aliphatic carbocycles. The van der Waals surface area contributed by atoms with Gasteiger partial charge in [0, 0.05) is 35.9 Å². The highest BCUT2D eigenvalue weighted by Crippen LogP contribution is 2.36. The maximum atomic E-state index is 13.1. The van der Waals surface area contributed by atoms with E-state index in [1.54, 1.807) is 29.7 Å². The van der Waals surface area contributed by atoms with Crippen LogP contribution in [0.2, 0.25) is 0 Å². The van der Waals surface area contributed by atoms with E-state index >= 15 is 0 Å². The Balaban J connectivity index is 1.48. The number of rotatable bonds is 7. The van der Waals surface area contributed by atoms with E-state index in [0.29, 0.717) is 35.6 Å². The van der Waals surface area contributed by atoms with Crippen molar-refractivity contribution in [2.24, 2.45) is 0 Å². The van der Waals surface area contributed by atoms with E-state index in [0.717, 1.165) is 69.0 Å². The Hall–Kier alpha value is -3.74. The summed E-state index contributed by atoms with van der Waals surface area (Å²) in [4.78, 5) is 25.1. The van der Waals surface area contributed by atoms with Crippen molar-refractivity contribution in [2.75, 3.05) is 18.2 Å². The molecule has 6 rings (SSSR count). The van der Waals surface area contributed by atoms with E-state index in [1.807, 2.05) is 46.8 Å². The van der Waals surface area contributed by atoms with Crippen molar-refractivity contribution < 1.29 is 13.2 Å². The molecular formula is C31H35N7O3S2. The summed E-state index contributed by atoms with van der Waals surface area (Å²) in [5.41, 5.74) is 7.48. The van der Waals surface area contributed by atoms with Gasteiger partial charge in [-0.15, -0.1) is 11.3 Å². The van der Waals surface area contributed by atoms with Crippen LogP contribution in [-0.4, -0.2) is 50.8 Å². The maximum Gasteiger partial charge on any atom is 0.177 e. The minimum atomic E-state index is -3.59. The fourth-order valence-electron chi connectivity index (χ4n) is 5.35. The molecule has 1 aromatic carbocycles. The minimum Gasteiger partial charge on any atom is -0.358 e. The number of nitrogens with one attached hydrogen (secondary N) is 1. The second-order valence-electron chi connectivity index (χ2n) is 11.2. The van der Waals surface area contributed by atoms with Gasteiger partial charge in [0.05, 0.1) is 44.7 Å². The van der Waals surface area contributed by atoms with Crippen LogP contribution in [0.1, 0.15) is 64.7 Å². The van der Waals surface area contributed by atoms with Crippen LogP contribution in [0.4, 0.5) is 11.4 Å². The van der Waals surface area contributed by atoms with E-state index in [1.165, 1.54) is 6.26 Å². The van der Waals surface area contributed by atoms with Crippen LogP contribution in [0.25, 0.3) is 21.7 Å². The Bertz CT molecular complexity index is 1940. The number of nitrogens with zero attached hydrogens (tertiary/aromatic N) is 6. The van der Waals surface area contributed by atoms with Crippen molar-refractivity contribution in [3.63, 3.8) is 0 Å². The Morgan fingerprint density at radius 2 is 1.77 bits per heavy atom. The topological polar surface area (TPSA) is 125 Å². The molecule has 1 atom stereocenters. The molecule has 0 bridgehead atoms. The quantitative estimate of drug-likeness (QED) is 0.223. The molecule has 12 heteroatoms. The summed E-state index contributed by atoms with van der Waals surface area (Å²) in [7, 11) is -3.59. The number of sulfone groups is 1. The monoisotopic (exact) mass is 617 g/mol. The molecular weight excluding hydrogens is 583 g/mol. The molecule has 10 nitrogen and oxygen atoms in total. The van der Waals surface area contributed by atoms with Gasteiger partial charge in [-0.2, -0.15) is 0 Å². The highest BCUT2D eigenvalue weighted by molar-refractivity contribution is 7.90. The first kappa shape index (κ1) is 29.3. The van der Waals surface area contributed by atoms with Crippen molar-refractivity contribution in [1.29, 1.82) is 0 Å². The molecule has 1 fully saturated rings. The summed E-state index contributed by atoms with van der Waals surface area (Å²) in [6.45, 7) is 10.5. The highest BCUT2D eigenvalue weighted by atomic mass is 32.2. The molecule has 0 amide bonds. The summed E-state index contributed by atoms with van der Waals surface area (Å²) in [6.07, 6.45) is 6.26. The largest absolute Gasteiger partial charge is 0.358 e. The van der Waals surface area contributed by atoms with E-state index in [4.69, 9.17) is 19.7 Å². The number of hydrogen-bond donors (Lipinski definition) is 1. The van der Waals surface area contributed by atoms with Crippen molar-refractivity contribution in [3.05, 3.63) is 69.6 Å². The van der Waals surface area contributed by atoms with Crippen molar-refractivity contribution in [3.8, 4) is 10.6 Å². The van der Waals surface area contributed by atoms with Gasteiger partial charge in [0.25, 0.3) is 0 Å². The van der Waals surface area contributed by atoms with Crippen LogP contribution in [-0.2, 0) is 21.0 Å². The number of hydrogen-bond acceptors (Lipinski definition) is 10. The van der Waals surface area contributed by atoms with Crippen molar-refractivity contribution in [1.82, 2.24) is 29.5 Å². The molecule has 1 aliphatic rings. The average molecular weight is 618 g/mol. The van der Waals surface area contributed by atoms with Crippen LogP contribution < -0.4 is 5.32 Å². The van der Waals surface area contributed by atoms with E-state index in [2.05, 4.69) is 19.9 Å². The van der Waals surface area contributed by atoms with Crippen LogP contribution in [0.3, 0.4) is 0 Å². The molecule has 5 aromatic rings. The van der Waals surface area contributed by atoms with E-state index in [-0.39, 0.29) is 11.1 Å². The molecule has 1 aliphatic heterocycles. The van der Waals surface area contributed by atoms with E-state index in [9.17, 15) is 8.42 Å². The lowest BCUT2D eigenvalue weighted by Gasteiger charge is -2.25. The van der Waals surface area contributed by atoms with Gasteiger partial charge >= 0.3 is 0 Å². The van der Waals surface area contributed by atoms with Crippen LogP contribution in [0.5, 0.6) is 0 Å². The summed E-state index contributed by atoms with van der Waals surface area (Å²) < 4.78 is 34.3. The molecule has 0 saturated carbocycles. The molecule has 4 aromatic heterocycles. The zero-order valence-electron chi connectivity index (χ0n) is 25.2. The van der Waals surface area contributed by atoms with Crippen LogP contribution in [0.15, 0.2) is 35.4 Å². The van der Waals surface area contributed by atoms with Gasteiger partial charge in [-0.1, -0.05) is 0 Å². The molecule has 1 saturated heterocycles. The third kappa shape index (κ3) is 5.91. The first-order valence-electron chi connectivity index (χ1n) is 14.3. The van der Waals surface area contributed by atoms with Crippen molar-refractivity contribution in [2.45, 2.75) is 71.4 Å². The second-order valence-corrected chi connectivity index (χ2v) is 14.3. The molecule has 0 spiro atoms. The zero-order valence-corrected chi connectivity index (χ0v) is 26.9. The second kappa shape index (κ2) is 11.4. The minimum absolute atomic E-state index is 0.160. The summed E-state index contributed by atoms with van der Waals surface area (Å²) >= 11 is 1.55. The maximum absolute atomic E-state index is 13.1. The van der Waals surface area contributed by atoms with Gasteiger partial charge < -0.3 is 10.1 Å². The Kier molecular flexibility index (Phi) is 7.78. The molecule has 0 radical (unpaired) electrons. The fourth-order valence-corrected chi connectivity index (χ4v) is 7.12. The van der Waals surface area contributed by atoms with Crippen LogP contribution in [0, 0.1) is 34.6 Å². The molecule has 1 N–H and O–H groups in total. The number of fused-ring (bicyclic) bond motifs is 1. The number of aromatic nitrogens is 6.